The Bertz CT molecular complexity index is 466. The number of amides is 1. The predicted octanol–water partition coefficient (Wildman–Crippen LogP) is 0.845. The fourth-order valence-corrected chi connectivity index (χ4v) is 3.51. The number of carbonyl (C=O) groups is 1. The van der Waals surface area contributed by atoms with Gasteiger partial charge in [0.1, 0.15) is 0 Å². The number of aliphatic hydroxyl groups excluding tert-OH is 1. The molecule has 1 heterocycles. The lowest BCUT2D eigenvalue weighted by Gasteiger charge is -2.20. The van der Waals surface area contributed by atoms with Crippen LogP contribution in [0.2, 0.25) is 0 Å². The van der Waals surface area contributed by atoms with Gasteiger partial charge in [-0.25, -0.2) is 0 Å². The SMILES string of the molecule is Cl.O=C(N[C@@H]1c2ccccc2C[C@@H]1O)C1CSCN1. The standard InChI is InChI=1S/C13H16N2O2S.ClH/c16-11-5-8-3-1-2-4-9(8)12(11)15-13(17)10-6-18-7-14-10;/h1-4,10-12,14,16H,5-7H2,(H,15,17);1H/t10?,11-,12+;/m0./s1. The van der Waals surface area contributed by atoms with Gasteiger partial charge in [0.25, 0.3) is 0 Å². The molecule has 0 radical (unpaired) electrons. The second-order valence-electron chi connectivity index (χ2n) is 4.73. The summed E-state index contributed by atoms with van der Waals surface area (Å²) in [5.41, 5.74) is 2.17. The molecule has 0 aromatic heterocycles. The molecular weight excluding hydrogens is 284 g/mol. The number of rotatable bonds is 2. The zero-order valence-electron chi connectivity index (χ0n) is 10.3. The van der Waals surface area contributed by atoms with Crippen LogP contribution in [0.3, 0.4) is 0 Å². The highest BCUT2D eigenvalue weighted by Crippen LogP contribution is 2.31. The molecule has 1 aromatic carbocycles. The van der Waals surface area contributed by atoms with Crippen molar-refractivity contribution >= 4 is 30.1 Å². The smallest absolute Gasteiger partial charge is 0.238 e. The molecule has 104 valence electrons. The van der Waals surface area contributed by atoms with Crippen molar-refractivity contribution in [1.29, 1.82) is 0 Å². The van der Waals surface area contributed by atoms with Gasteiger partial charge in [-0.1, -0.05) is 24.3 Å². The molecule has 3 rings (SSSR count). The van der Waals surface area contributed by atoms with Crippen LogP contribution in [0.25, 0.3) is 0 Å². The van der Waals surface area contributed by atoms with E-state index in [4.69, 9.17) is 0 Å². The lowest BCUT2D eigenvalue weighted by atomic mass is 10.1. The Hall–Kier alpha value is -0.750. The number of carbonyl (C=O) groups excluding carboxylic acids is 1. The van der Waals surface area contributed by atoms with E-state index in [1.54, 1.807) is 11.8 Å². The fourth-order valence-electron chi connectivity index (χ4n) is 2.57. The van der Waals surface area contributed by atoms with Crippen molar-refractivity contribution < 1.29 is 9.90 Å². The molecule has 1 aliphatic heterocycles. The molecular formula is C13H17ClN2O2S. The second-order valence-corrected chi connectivity index (χ2v) is 5.76. The minimum absolute atomic E-state index is 0. The van der Waals surface area contributed by atoms with Crippen LogP contribution >= 0.6 is 24.2 Å². The summed E-state index contributed by atoms with van der Waals surface area (Å²) in [4.78, 5) is 12.1. The van der Waals surface area contributed by atoms with Gasteiger partial charge in [0.05, 0.1) is 18.2 Å². The maximum atomic E-state index is 12.1. The predicted molar refractivity (Wildman–Crippen MR) is 78.5 cm³/mol. The quantitative estimate of drug-likeness (QED) is 0.758. The molecule has 1 fully saturated rings. The van der Waals surface area contributed by atoms with Crippen molar-refractivity contribution in [2.45, 2.75) is 24.6 Å². The number of nitrogens with one attached hydrogen (secondary N) is 2. The Morgan fingerprint density at radius 3 is 2.95 bits per heavy atom. The lowest BCUT2D eigenvalue weighted by molar-refractivity contribution is -0.123. The number of halogens is 1. The Morgan fingerprint density at radius 2 is 2.21 bits per heavy atom. The topological polar surface area (TPSA) is 61.4 Å². The monoisotopic (exact) mass is 300 g/mol. The van der Waals surface area contributed by atoms with Crippen LogP contribution in [-0.2, 0) is 11.2 Å². The zero-order chi connectivity index (χ0) is 12.5. The van der Waals surface area contributed by atoms with E-state index in [1.807, 2.05) is 24.3 Å². The van der Waals surface area contributed by atoms with Gasteiger partial charge in [-0.2, -0.15) is 0 Å². The third-order valence-electron chi connectivity index (χ3n) is 3.53. The maximum Gasteiger partial charge on any atom is 0.238 e. The maximum absolute atomic E-state index is 12.1. The Morgan fingerprint density at radius 1 is 1.42 bits per heavy atom. The number of thioether (sulfide) groups is 1. The van der Waals surface area contributed by atoms with Gasteiger partial charge in [-0.15, -0.1) is 24.2 Å². The summed E-state index contributed by atoms with van der Waals surface area (Å²) in [5, 5.41) is 16.2. The summed E-state index contributed by atoms with van der Waals surface area (Å²) in [6.45, 7) is 0. The summed E-state index contributed by atoms with van der Waals surface area (Å²) in [7, 11) is 0. The van der Waals surface area contributed by atoms with Gasteiger partial charge in [0.2, 0.25) is 5.91 Å². The van der Waals surface area contributed by atoms with Crippen LogP contribution in [0.15, 0.2) is 24.3 Å². The molecule has 1 aliphatic carbocycles. The second kappa shape index (κ2) is 6.13. The van der Waals surface area contributed by atoms with Gasteiger partial charge < -0.3 is 10.4 Å². The summed E-state index contributed by atoms with van der Waals surface area (Å²) >= 11 is 1.72. The molecule has 2 aliphatic rings. The van der Waals surface area contributed by atoms with E-state index in [0.717, 1.165) is 22.8 Å². The third-order valence-corrected chi connectivity index (χ3v) is 4.47. The van der Waals surface area contributed by atoms with Gasteiger partial charge in [0, 0.05) is 18.1 Å². The molecule has 3 atom stereocenters. The van der Waals surface area contributed by atoms with Gasteiger partial charge >= 0.3 is 0 Å². The molecule has 1 saturated heterocycles. The van der Waals surface area contributed by atoms with E-state index in [0.29, 0.717) is 6.42 Å². The first-order valence-electron chi connectivity index (χ1n) is 6.13. The molecule has 1 unspecified atom stereocenters. The number of hydrogen-bond acceptors (Lipinski definition) is 4. The van der Waals surface area contributed by atoms with Crippen molar-refractivity contribution in [1.82, 2.24) is 10.6 Å². The van der Waals surface area contributed by atoms with Gasteiger partial charge in [-0.05, 0) is 11.1 Å². The number of hydrogen-bond donors (Lipinski definition) is 3. The molecule has 0 spiro atoms. The highest BCUT2D eigenvalue weighted by Gasteiger charge is 2.34. The number of aliphatic hydroxyl groups is 1. The zero-order valence-corrected chi connectivity index (χ0v) is 12.0. The first-order chi connectivity index (χ1) is 8.75. The summed E-state index contributed by atoms with van der Waals surface area (Å²) < 4.78 is 0. The largest absolute Gasteiger partial charge is 0.390 e. The van der Waals surface area contributed by atoms with E-state index in [9.17, 15) is 9.90 Å². The van der Waals surface area contributed by atoms with E-state index in [1.165, 1.54) is 0 Å². The lowest BCUT2D eigenvalue weighted by Crippen LogP contribution is -2.45. The van der Waals surface area contributed by atoms with Crippen LogP contribution < -0.4 is 10.6 Å². The summed E-state index contributed by atoms with van der Waals surface area (Å²) in [5.74, 6) is 1.61. The Balaban J connectivity index is 0.00000133. The molecule has 1 aromatic rings. The van der Waals surface area contributed by atoms with E-state index >= 15 is 0 Å². The Kier molecular flexibility index (Phi) is 4.73. The molecule has 4 nitrogen and oxygen atoms in total. The van der Waals surface area contributed by atoms with Crippen molar-refractivity contribution in [2.24, 2.45) is 0 Å². The average molecular weight is 301 g/mol. The molecule has 3 N–H and O–H groups in total. The molecule has 0 bridgehead atoms. The molecule has 0 saturated carbocycles. The highest BCUT2D eigenvalue weighted by atomic mass is 35.5. The molecule has 1 amide bonds. The van der Waals surface area contributed by atoms with Crippen molar-refractivity contribution in [2.75, 3.05) is 11.6 Å². The normalized spacial score (nSPS) is 28.6. The van der Waals surface area contributed by atoms with Crippen molar-refractivity contribution in [3.8, 4) is 0 Å². The Labute approximate surface area is 122 Å². The van der Waals surface area contributed by atoms with Crippen LogP contribution in [0, 0.1) is 0 Å². The third kappa shape index (κ3) is 2.89. The van der Waals surface area contributed by atoms with Crippen LogP contribution in [0.5, 0.6) is 0 Å². The van der Waals surface area contributed by atoms with E-state index in [2.05, 4.69) is 10.6 Å². The highest BCUT2D eigenvalue weighted by molar-refractivity contribution is 7.99. The molecule has 19 heavy (non-hydrogen) atoms. The van der Waals surface area contributed by atoms with Crippen LogP contribution in [0.1, 0.15) is 17.2 Å². The minimum Gasteiger partial charge on any atom is -0.390 e. The summed E-state index contributed by atoms with van der Waals surface area (Å²) in [6.07, 6.45) is 0.106. The van der Waals surface area contributed by atoms with Gasteiger partial charge in [-0.3, -0.25) is 10.1 Å². The van der Waals surface area contributed by atoms with E-state index in [-0.39, 0.29) is 30.4 Å². The first-order valence-corrected chi connectivity index (χ1v) is 7.28. The van der Waals surface area contributed by atoms with Gasteiger partial charge in [0.15, 0.2) is 0 Å². The first kappa shape index (κ1) is 14.7. The molecule has 6 heteroatoms. The minimum atomic E-state index is -0.514. The average Bonchev–Trinajstić information content (AvgIpc) is 2.98. The van der Waals surface area contributed by atoms with E-state index < -0.39 is 6.10 Å². The van der Waals surface area contributed by atoms with Crippen LogP contribution in [-0.4, -0.2) is 34.8 Å². The van der Waals surface area contributed by atoms with Crippen molar-refractivity contribution in [3.05, 3.63) is 35.4 Å². The van der Waals surface area contributed by atoms with Crippen molar-refractivity contribution in [3.63, 3.8) is 0 Å². The number of benzene rings is 1. The summed E-state index contributed by atoms with van der Waals surface area (Å²) in [6, 6.07) is 7.50. The number of fused-ring (bicyclic) bond motifs is 1. The fraction of sp³-hybridized carbons (Fsp3) is 0.462. The van der Waals surface area contributed by atoms with Crippen LogP contribution in [0.4, 0.5) is 0 Å².